The fraction of sp³-hybridized carbons (Fsp3) is 1.00. The van der Waals surface area contributed by atoms with Crippen LogP contribution in [-0.2, 0) is 0 Å². The van der Waals surface area contributed by atoms with E-state index in [0.717, 1.165) is 0 Å². The van der Waals surface area contributed by atoms with Crippen molar-refractivity contribution < 1.29 is 0 Å². The van der Waals surface area contributed by atoms with E-state index in [1.807, 2.05) is 0 Å². The van der Waals surface area contributed by atoms with Crippen LogP contribution in [0.5, 0.6) is 0 Å². The maximum Gasteiger partial charge on any atom is 0.0645 e. The lowest BCUT2D eigenvalue weighted by atomic mass is 9.77. The lowest BCUT2D eigenvalue weighted by Crippen LogP contribution is -2.33. The zero-order valence-corrected chi connectivity index (χ0v) is 21.0. The molecule has 0 heterocycles. The Balaban J connectivity index is 5.56. The zero-order valence-electron chi connectivity index (χ0n) is 20.1. The molecule has 0 radical (unpaired) electrons. The second-order valence-electron chi connectivity index (χ2n) is 12.9. The molecular formula is C24H52P+. The summed E-state index contributed by atoms with van der Waals surface area (Å²) in [5.41, 5.74) is 1.79. The van der Waals surface area contributed by atoms with E-state index in [4.69, 9.17) is 0 Å². The number of hydrogen-bond acceptors (Lipinski definition) is 0. The lowest BCUT2D eigenvalue weighted by molar-refractivity contribution is 0.229. The lowest BCUT2D eigenvalue weighted by Gasteiger charge is -2.42. The van der Waals surface area contributed by atoms with Crippen molar-refractivity contribution in [1.82, 2.24) is 0 Å². The van der Waals surface area contributed by atoms with Gasteiger partial charge in [0.15, 0.2) is 0 Å². The first-order chi connectivity index (χ1) is 10.9. The van der Waals surface area contributed by atoms with Crippen LogP contribution in [0.1, 0.15) is 109 Å². The molecule has 1 heteroatoms. The Hall–Kier alpha value is 0.430. The van der Waals surface area contributed by atoms with Gasteiger partial charge in [-0.05, 0) is 47.3 Å². The van der Waals surface area contributed by atoms with E-state index in [2.05, 4.69) is 83.1 Å². The average molecular weight is 372 g/mol. The second kappa shape index (κ2) is 9.08. The first-order valence-corrected chi connectivity index (χ1v) is 13.3. The largest absolute Gasteiger partial charge is 0.0645 e. The molecule has 0 aromatic carbocycles. The Morgan fingerprint density at radius 1 is 0.520 bits per heavy atom. The van der Waals surface area contributed by atoms with Gasteiger partial charge in [-0.15, -0.1) is 0 Å². The van der Waals surface area contributed by atoms with Crippen molar-refractivity contribution in [1.29, 1.82) is 0 Å². The highest BCUT2D eigenvalue weighted by atomic mass is 31.2. The third-order valence-corrected chi connectivity index (χ3v) is 10.8. The third kappa shape index (κ3) is 11.7. The number of hydrogen-bond donors (Lipinski definition) is 0. The monoisotopic (exact) mass is 371 g/mol. The minimum Gasteiger partial charge on any atom is -0.0619 e. The number of rotatable bonds is 10. The van der Waals surface area contributed by atoms with Crippen LogP contribution < -0.4 is 0 Å². The van der Waals surface area contributed by atoms with Gasteiger partial charge in [-0.1, -0.05) is 83.1 Å². The van der Waals surface area contributed by atoms with Crippen molar-refractivity contribution in [3.8, 4) is 0 Å². The predicted octanol–water partition coefficient (Wildman–Crippen LogP) is 8.75. The summed E-state index contributed by atoms with van der Waals surface area (Å²) in [4.78, 5) is 0. The summed E-state index contributed by atoms with van der Waals surface area (Å²) >= 11 is 0. The molecule has 0 unspecified atom stereocenters. The van der Waals surface area contributed by atoms with Crippen LogP contribution in [0.3, 0.4) is 0 Å². The van der Waals surface area contributed by atoms with Gasteiger partial charge in [0, 0.05) is 7.26 Å². The molecule has 0 spiro atoms. The van der Waals surface area contributed by atoms with Crippen molar-refractivity contribution in [2.45, 2.75) is 109 Å². The highest BCUT2D eigenvalue weighted by molar-refractivity contribution is 7.76. The minimum atomic E-state index is -0.911. The van der Waals surface area contributed by atoms with Gasteiger partial charge in [-0.25, -0.2) is 0 Å². The van der Waals surface area contributed by atoms with E-state index < -0.39 is 7.26 Å². The molecule has 0 atom stereocenters. The molecule has 0 amide bonds. The Morgan fingerprint density at radius 2 is 0.800 bits per heavy atom. The van der Waals surface area contributed by atoms with Crippen LogP contribution >= 0.6 is 7.26 Å². The molecule has 0 aliphatic carbocycles. The van der Waals surface area contributed by atoms with Crippen molar-refractivity contribution >= 4 is 7.26 Å². The molecule has 0 aliphatic heterocycles. The van der Waals surface area contributed by atoms with E-state index >= 15 is 0 Å². The van der Waals surface area contributed by atoms with Gasteiger partial charge in [0.05, 0.1) is 24.6 Å². The van der Waals surface area contributed by atoms with Gasteiger partial charge in [0.2, 0.25) is 0 Å². The Bertz CT molecular complexity index is 338. The van der Waals surface area contributed by atoms with Crippen molar-refractivity contribution in [2.24, 2.45) is 21.7 Å². The first kappa shape index (κ1) is 25.4. The molecule has 0 aliphatic rings. The fourth-order valence-electron chi connectivity index (χ4n) is 6.23. The molecule has 0 saturated carbocycles. The molecule has 0 N–H and O–H groups in total. The van der Waals surface area contributed by atoms with Crippen molar-refractivity contribution in [2.75, 3.05) is 24.6 Å². The topological polar surface area (TPSA) is 0 Å². The predicted molar refractivity (Wildman–Crippen MR) is 123 cm³/mol. The van der Waals surface area contributed by atoms with E-state index in [1.165, 1.54) is 50.3 Å². The summed E-state index contributed by atoms with van der Waals surface area (Å²) in [5, 5.41) is 0. The summed E-state index contributed by atoms with van der Waals surface area (Å²) in [6, 6.07) is 0. The molecule has 0 aromatic rings. The van der Waals surface area contributed by atoms with E-state index in [-0.39, 0.29) is 0 Å². The van der Waals surface area contributed by atoms with E-state index in [1.54, 1.807) is 0 Å². The summed E-state index contributed by atoms with van der Waals surface area (Å²) in [7, 11) is -0.911. The maximum absolute atomic E-state index is 2.55. The van der Waals surface area contributed by atoms with Gasteiger partial charge in [0.1, 0.15) is 0 Å². The normalized spacial score (nSPS) is 14.9. The van der Waals surface area contributed by atoms with Gasteiger partial charge in [-0.2, -0.15) is 0 Å². The Labute approximate surface area is 162 Å². The maximum atomic E-state index is 2.55. The zero-order chi connectivity index (χ0) is 20.2. The van der Waals surface area contributed by atoms with E-state index in [0.29, 0.717) is 21.7 Å². The molecule has 0 fully saturated rings. The molecule has 0 nitrogen and oxygen atoms in total. The molecular weight excluding hydrogens is 319 g/mol. The fourth-order valence-corrected chi connectivity index (χ4v) is 13.0. The quantitative estimate of drug-likeness (QED) is 0.337. The molecule has 0 rings (SSSR count). The molecule has 0 bridgehead atoms. The Kier molecular flexibility index (Phi) is 9.24. The minimum absolute atomic E-state index is 0.429. The molecule has 0 aromatic heterocycles. The highest BCUT2D eigenvalue weighted by Crippen LogP contribution is 2.66. The van der Waals surface area contributed by atoms with Gasteiger partial charge >= 0.3 is 0 Å². The van der Waals surface area contributed by atoms with Crippen LogP contribution in [0.25, 0.3) is 0 Å². The van der Waals surface area contributed by atoms with Gasteiger partial charge in [0.25, 0.3) is 0 Å². The summed E-state index contributed by atoms with van der Waals surface area (Å²) in [6.07, 6.45) is 11.4. The van der Waals surface area contributed by atoms with Crippen molar-refractivity contribution in [3.05, 3.63) is 0 Å². The highest BCUT2D eigenvalue weighted by Gasteiger charge is 2.46. The molecule has 0 saturated heterocycles. The standard InChI is InChI=1S/C24H52P/c1-13-15-25(16-14-2,19-23(9,10)17-21(3,4)5)20-24(11,12)18-22(6,7)8/h13-20H2,1-12H3/q+1. The third-order valence-electron chi connectivity index (χ3n) is 4.94. The smallest absolute Gasteiger partial charge is 0.0619 e. The van der Waals surface area contributed by atoms with Crippen LogP contribution in [-0.4, -0.2) is 24.6 Å². The molecule has 25 heavy (non-hydrogen) atoms. The average Bonchev–Trinajstić information content (AvgIpc) is 2.19. The summed E-state index contributed by atoms with van der Waals surface area (Å²) in [6.45, 7) is 29.5. The SMILES string of the molecule is CCC[P+](CCC)(CC(C)(C)CC(C)(C)C)CC(C)(C)CC(C)(C)C. The second-order valence-corrected chi connectivity index (χ2v) is 17.1. The summed E-state index contributed by atoms with van der Waals surface area (Å²) in [5.74, 6) is 0. The molecule has 152 valence electrons. The summed E-state index contributed by atoms with van der Waals surface area (Å²) < 4.78 is 0. The van der Waals surface area contributed by atoms with Gasteiger partial charge < -0.3 is 0 Å². The van der Waals surface area contributed by atoms with Crippen LogP contribution in [0.2, 0.25) is 0 Å². The van der Waals surface area contributed by atoms with Crippen LogP contribution in [0, 0.1) is 21.7 Å². The van der Waals surface area contributed by atoms with Gasteiger partial charge in [-0.3, -0.25) is 0 Å². The van der Waals surface area contributed by atoms with Crippen molar-refractivity contribution in [3.63, 3.8) is 0 Å². The van der Waals surface area contributed by atoms with Crippen LogP contribution in [0.15, 0.2) is 0 Å². The first-order valence-electron chi connectivity index (χ1n) is 10.8. The van der Waals surface area contributed by atoms with Crippen LogP contribution in [0.4, 0.5) is 0 Å². The Morgan fingerprint density at radius 3 is 1.00 bits per heavy atom. The van der Waals surface area contributed by atoms with E-state index in [9.17, 15) is 0 Å².